The Hall–Kier alpha value is -1.03. The van der Waals surface area contributed by atoms with Crippen LogP contribution < -0.4 is 10.6 Å². The molecule has 1 saturated carbocycles. The maximum atomic E-state index is 6.04. The number of rotatable bonds is 4. The van der Waals surface area contributed by atoms with Crippen LogP contribution in [0.2, 0.25) is 5.28 Å². The molecule has 0 aliphatic heterocycles. The summed E-state index contributed by atoms with van der Waals surface area (Å²) in [5.74, 6) is 1.57. The highest BCUT2D eigenvalue weighted by molar-refractivity contribution is 6.28. The lowest BCUT2D eigenvalue weighted by molar-refractivity contribution is 0.318. The van der Waals surface area contributed by atoms with Crippen LogP contribution in [-0.2, 0) is 0 Å². The molecule has 0 aromatic carbocycles. The van der Waals surface area contributed by atoms with Crippen molar-refractivity contribution in [2.75, 3.05) is 23.7 Å². The first kappa shape index (κ1) is 12.4. The molecule has 0 unspecified atom stereocenters. The third-order valence-electron chi connectivity index (χ3n) is 3.47. The Morgan fingerprint density at radius 3 is 2.65 bits per heavy atom. The Bertz CT molecular complexity index is 404. The summed E-state index contributed by atoms with van der Waals surface area (Å²) in [6.45, 7) is 5.90. The Morgan fingerprint density at radius 2 is 2.12 bits per heavy atom. The minimum Gasteiger partial charge on any atom is -0.394 e. The Labute approximate surface area is 107 Å². The van der Waals surface area contributed by atoms with Crippen LogP contribution in [0.25, 0.3) is 0 Å². The molecule has 2 rings (SSSR count). The van der Waals surface area contributed by atoms with E-state index >= 15 is 0 Å². The molecule has 17 heavy (non-hydrogen) atoms. The van der Waals surface area contributed by atoms with E-state index in [1.807, 2.05) is 6.92 Å². The van der Waals surface area contributed by atoms with Gasteiger partial charge in [-0.25, -0.2) is 4.98 Å². The molecule has 0 spiro atoms. The third-order valence-corrected chi connectivity index (χ3v) is 3.64. The zero-order valence-electron chi connectivity index (χ0n) is 10.4. The summed E-state index contributed by atoms with van der Waals surface area (Å²) in [5, 5.41) is 0.277. The van der Waals surface area contributed by atoms with Crippen molar-refractivity contribution in [3.8, 4) is 0 Å². The number of aromatic nitrogens is 2. The van der Waals surface area contributed by atoms with Crippen LogP contribution in [0, 0.1) is 12.8 Å². The van der Waals surface area contributed by atoms with E-state index in [2.05, 4.69) is 21.8 Å². The lowest BCUT2D eigenvalue weighted by Crippen LogP contribution is -2.33. The van der Waals surface area contributed by atoms with Crippen LogP contribution in [0.3, 0.4) is 0 Å². The number of halogens is 1. The van der Waals surface area contributed by atoms with Gasteiger partial charge < -0.3 is 10.6 Å². The van der Waals surface area contributed by atoms with Crippen molar-refractivity contribution in [2.45, 2.75) is 33.1 Å². The van der Waals surface area contributed by atoms with Gasteiger partial charge in [-0.3, -0.25) is 0 Å². The second-order valence-electron chi connectivity index (χ2n) is 4.65. The van der Waals surface area contributed by atoms with Gasteiger partial charge in [-0.15, -0.1) is 0 Å². The summed E-state index contributed by atoms with van der Waals surface area (Å²) < 4.78 is 0. The van der Waals surface area contributed by atoms with E-state index in [1.165, 1.54) is 19.3 Å². The second-order valence-corrected chi connectivity index (χ2v) is 4.99. The number of nitrogens with zero attached hydrogens (tertiary/aromatic N) is 3. The van der Waals surface area contributed by atoms with E-state index in [0.717, 1.165) is 30.5 Å². The summed E-state index contributed by atoms with van der Waals surface area (Å²) in [5.41, 5.74) is 7.44. The van der Waals surface area contributed by atoms with Crippen molar-refractivity contribution >= 4 is 23.1 Å². The predicted molar refractivity (Wildman–Crippen MR) is 71.4 cm³/mol. The molecule has 1 aromatic heterocycles. The molecule has 1 aliphatic carbocycles. The Kier molecular flexibility index (Phi) is 3.72. The van der Waals surface area contributed by atoms with E-state index < -0.39 is 0 Å². The molecule has 0 atom stereocenters. The molecule has 4 nitrogen and oxygen atoms in total. The highest BCUT2D eigenvalue weighted by Crippen LogP contribution is 2.31. The van der Waals surface area contributed by atoms with Gasteiger partial charge >= 0.3 is 0 Å². The minimum atomic E-state index is 0.277. The van der Waals surface area contributed by atoms with Gasteiger partial charge in [-0.1, -0.05) is 6.42 Å². The largest absolute Gasteiger partial charge is 0.394 e. The van der Waals surface area contributed by atoms with Crippen LogP contribution in [0.1, 0.15) is 31.9 Å². The zero-order chi connectivity index (χ0) is 12.4. The van der Waals surface area contributed by atoms with Crippen molar-refractivity contribution in [3.05, 3.63) is 11.0 Å². The molecule has 5 heteroatoms. The standard InChI is InChI=1S/C12H19ClN4/c1-3-17(7-9-5-4-6-9)11-10(14)8(2)15-12(13)16-11/h9H,3-7,14H2,1-2H3. The smallest absolute Gasteiger partial charge is 0.224 e. The predicted octanol–water partition coefficient (Wildman–Crippen LogP) is 2.65. The molecule has 0 bridgehead atoms. The lowest BCUT2D eigenvalue weighted by Gasteiger charge is -2.33. The van der Waals surface area contributed by atoms with E-state index in [-0.39, 0.29) is 5.28 Å². The first-order chi connectivity index (χ1) is 8.11. The van der Waals surface area contributed by atoms with E-state index in [9.17, 15) is 0 Å². The van der Waals surface area contributed by atoms with Crippen molar-refractivity contribution in [3.63, 3.8) is 0 Å². The van der Waals surface area contributed by atoms with E-state index in [4.69, 9.17) is 17.3 Å². The van der Waals surface area contributed by atoms with Crippen molar-refractivity contribution in [1.29, 1.82) is 0 Å². The topological polar surface area (TPSA) is 55.0 Å². The van der Waals surface area contributed by atoms with Crippen molar-refractivity contribution in [2.24, 2.45) is 5.92 Å². The molecular weight excluding hydrogens is 236 g/mol. The summed E-state index contributed by atoms with van der Waals surface area (Å²) in [7, 11) is 0. The first-order valence-electron chi connectivity index (χ1n) is 6.16. The third kappa shape index (κ3) is 2.63. The fraction of sp³-hybridized carbons (Fsp3) is 0.667. The Morgan fingerprint density at radius 1 is 1.41 bits per heavy atom. The number of aryl methyl sites for hydroxylation is 1. The number of hydrogen-bond donors (Lipinski definition) is 1. The van der Waals surface area contributed by atoms with Gasteiger partial charge in [0.05, 0.1) is 11.4 Å². The number of nitrogen functional groups attached to an aromatic ring is 1. The monoisotopic (exact) mass is 254 g/mol. The molecule has 1 aromatic rings. The molecule has 1 fully saturated rings. The number of nitrogens with two attached hydrogens (primary N) is 1. The van der Waals surface area contributed by atoms with Crippen molar-refractivity contribution in [1.82, 2.24) is 9.97 Å². The van der Waals surface area contributed by atoms with E-state index in [0.29, 0.717) is 5.69 Å². The summed E-state index contributed by atoms with van der Waals surface area (Å²) in [6.07, 6.45) is 3.98. The molecule has 1 aliphatic rings. The maximum absolute atomic E-state index is 6.04. The molecule has 2 N–H and O–H groups in total. The zero-order valence-corrected chi connectivity index (χ0v) is 11.2. The quantitative estimate of drug-likeness (QED) is 0.840. The summed E-state index contributed by atoms with van der Waals surface area (Å²) in [4.78, 5) is 10.5. The van der Waals surface area contributed by atoms with Gasteiger partial charge in [0.25, 0.3) is 0 Å². The fourth-order valence-corrected chi connectivity index (χ4v) is 2.33. The SMILES string of the molecule is CCN(CC1CCC1)c1nc(Cl)nc(C)c1N. The average molecular weight is 255 g/mol. The van der Waals surface area contributed by atoms with Crippen LogP contribution in [-0.4, -0.2) is 23.1 Å². The lowest BCUT2D eigenvalue weighted by atomic mass is 9.85. The normalized spacial score (nSPS) is 15.7. The molecule has 0 radical (unpaired) electrons. The van der Waals surface area contributed by atoms with Crippen LogP contribution >= 0.6 is 11.6 Å². The van der Waals surface area contributed by atoms with Gasteiger partial charge in [0, 0.05) is 13.1 Å². The van der Waals surface area contributed by atoms with Crippen LogP contribution in [0.5, 0.6) is 0 Å². The summed E-state index contributed by atoms with van der Waals surface area (Å²) in [6, 6.07) is 0. The maximum Gasteiger partial charge on any atom is 0.224 e. The first-order valence-corrected chi connectivity index (χ1v) is 6.54. The second kappa shape index (κ2) is 5.08. The van der Waals surface area contributed by atoms with Crippen molar-refractivity contribution < 1.29 is 0 Å². The molecule has 94 valence electrons. The number of hydrogen-bond acceptors (Lipinski definition) is 4. The Balaban J connectivity index is 2.22. The van der Waals surface area contributed by atoms with Crippen LogP contribution in [0.4, 0.5) is 11.5 Å². The highest BCUT2D eigenvalue weighted by Gasteiger charge is 2.22. The molecule has 0 amide bonds. The molecule has 0 saturated heterocycles. The molecule has 1 heterocycles. The summed E-state index contributed by atoms with van der Waals surface area (Å²) >= 11 is 5.90. The fourth-order valence-electron chi connectivity index (χ4n) is 2.13. The van der Waals surface area contributed by atoms with E-state index in [1.54, 1.807) is 0 Å². The number of anilines is 2. The highest BCUT2D eigenvalue weighted by atomic mass is 35.5. The van der Waals surface area contributed by atoms with Gasteiger partial charge in [0.1, 0.15) is 0 Å². The van der Waals surface area contributed by atoms with Gasteiger partial charge in [0.2, 0.25) is 5.28 Å². The average Bonchev–Trinajstić information content (AvgIpc) is 2.23. The minimum absolute atomic E-state index is 0.277. The van der Waals surface area contributed by atoms with Gasteiger partial charge in [0.15, 0.2) is 5.82 Å². The molecular formula is C12H19ClN4. The van der Waals surface area contributed by atoms with Gasteiger partial charge in [-0.05, 0) is 44.2 Å². The van der Waals surface area contributed by atoms with Crippen LogP contribution in [0.15, 0.2) is 0 Å². The van der Waals surface area contributed by atoms with Gasteiger partial charge in [-0.2, -0.15) is 4.98 Å².